The number of benzene rings is 1. The van der Waals surface area contributed by atoms with E-state index < -0.39 is 17.8 Å². The molecular weight excluding hydrogens is 408 g/mol. The highest BCUT2D eigenvalue weighted by Crippen LogP contribution is 2.30. The number of hydrogen-bond donors (Lipinski definition) is 3. The van der Waals surface area contributed by atoms with Crippen LogP contribution in [0.4, 0.5) is 4.79 Å². The van der Waals surface area contributed by atoms with Crippen molar-refractivity contribution in [2.45, 2.75) is 0 Å². The number of carbonyl (C=O) groups excluding carboxylic acids is 3. The van der Waals surface area contributed by atoms with Crippen molar-refractivity contribution in [2.24, 2.45) is 0 Å². The molecule has 108 valence electrons. The van der Waals surface area contributed by atoms with E-state index in [0.29, 0.717) is 10.9 Å². The number of rotatable bonds is 2. The summed E-state index contributed by atoms with van der Waals surface area (Å²) >= 11 is 6.76. The molecule has 1 aliphatic rings. The van der Waals surface area contributed by atoms with Crippen LogP contribution in [0.15, 0.2) is 27.3 Å². The van der Waals surface area contributed by atoms with E-state index in [2.05, 4.69) is 47.6 Å². The predicted octanol–water partition coefficient (Wildman–Crippen LogP) is 1.89. The number of halogens is 2. The van der Waals surface area contributed by atoms with Gasteiger partial charge in [-0.3, -0.25) is 20.3 Å². The van der Waals surface area contributed by atoms with Crippen LogP contribution in [0, 0.1) is 0 Å². The van der Waals surface area contributed by atoms with E-state index in [1.165, 1.54) is 0 Å². The molecule has 1 aromatic heterocycles. The topological polar surface area (TPSA) is 94.3 Å². The lowest BCUT2D eigenvalue weighted by Gasteiger charge is -2.14. The summed E-state index contributed by atoms with van der Waals surface area (Å²) in [5.74, 6) is -0.925. The minimum atomic E-state index is -0.642. The number of carbonyl (C=O) groups is 3. The molecule has 0 aliphatic carbocycles. The number of aromatic nitrogens is 1. The van der Waals surface area contributed by atoms with Crippen molar-refractivity contribution < 1.29 is 14.4 Å². The van der Waals surface area contributed by atoms with Gasteiger partial charge in [0.2, 0.25) is 5.91 Å². The van der Waals surface area contributed by atoms with E-state index in [1.54, 1.807) is 12.3 Å². The molecule has 2 heterocycles. The Morgan fingerprint density at radius 1 is 1.24 bits per heavy atom. The largest absolute Gasteiger partial charge is 0.360 e. The Bertz CT molecular complexity index is 786. The molecule has 4 amide bonds. The first-order valence-corrected chi connectivity index (χ1v) is 7.43. The third-order valence-electron chi connectivity index (χ3n) is 3.00. The van der Waals surface area contributed by atoms with E-state index in [9.17, 15) is 14.4 Å². The van der Waals surface area contributed by atoms with Gasteiger partial charge in [0, 0.05) is 26.0 Å². The molecule has 0 spiro atoms. The molecule has 0 radical (unpaired) electrons. The minimum absolute atomic E-state index is 0.192. The molecule has 0 atom stereocenters. The Morgan fingerprint density at radius 3 is 2.62 bits per heavy atom. The Morgan fingerprint density at radius 2 is 1.95 bits per heavy atom. The van der Waals surface area contributed by atoms with Crippen molar-refractivity contribution in [1.29, 1.82) is 0 Å². The predicted molar refractivity (Wildman–Crippen MR) is 81.4 cm³/mol. The van der Waals surface area contributed by atoms with Crippen LogP contribution in [-0.2, 0) is 4.79 Å². The number of fused-ring (bicyclic) bond motifs is 1. The fourth-order valence-electron chi connectivity index (χ4n) is 2.02. The number of hydrogen-bond acceptors (Lipinski definition) is 3. The second kappa shape index (κ2) is 5.15. The maximum atomic E-state index is 12.2. The zero-order valence-electron chi connectivity index (χ0n) is 10.4. The average molecular weight is 416 g/mol. The number of urea groups is 1. The smallest absolute Gasteiger partial charge is 0.343 e. The van der Waals surface area contributed by atoms with Gasteiger partial charge in [-0.15, -0.1) is 0 Å². The lowest BCUT2D eigenvalue weighted by molar-refractivity contribution is -0.118. The number of amides is 4. The summed E-state index contributed by atoms with van der Waals surface area (Å²) in [5, 5.41) is 3.73. The summed E-state index contributed by atoms with van der Waals surface area (Å²) in [6.07, 6.45) is 1.55. The number of nitrogens with one attached hydrogen (secondary N) is 3. The molecule has 1 aliphatic heterocycles. The quantitative estimate of drug-likeness (QED) is 0.653. The summed E-state index contributed by atoms with van der Waals surface area (Å²) in [6.45, 7) is -0.192. The van der Waals surface area contributed by atoms with Crippen LogP contribution in [0.2, 0.25) is 0 Å². The Labute approximate surface area is 135 Å². The Balaban J connectivity index is 1.90. The molecule has 3 rings (SSSR count). The molecule has 21 heavy (non-hydrogen) atoms. The summed E-state index contributed by atoms with van der Waals surface area (Å²) in [7, 11) is 0. The number of hydrazine groups is 1. The van der Waals surface area contributed by atoms with Crippen LogP contribution in [0.3, 0.4) is 0 Å². The third-order valence-corrected chi connectivity index (χ3v) is 4.84. The van der Waals surface area contributed by atoms with E-state index in [4.69, 9.17) is 0 Å². The molecular formula is C12H8Br2N4O3. The molecule has 3 N–H and O–H groups in total. The first kappa shape index (κ1) is 14.1. The SMILES string of the molecule is O=C1CN(NC(=O)c2c[nH]c3cc(Br)c(Br)cc23)C(=O)N1. The van der Waals surface area contributed by atoms with E-state index in [-0.39, 0.29) is 6.54 Å². The summed E-state index contributed by atoms with van der Waals surface area (Å²) in [4.78, 5) is 37.7. The lowest BCUT2D eigenvalue weighted by Crippen LogP contribution is -2.44. The highest BCUT2D eigenvalue weighted by Gasteiger charge is 2.29. The normalized spacial score (nSPS) is 14.7. The van der Waals surface area contributed by atoms with Crippen molar-refractivity contribution in [3.8, 4) is 0 Å². The van der Waals surface area contributed by atoms with E-state index >= 15 is 0 Å². The molecule has 1 saturated heterocycles. The van der Waals surface area contributed by atoms with Gasteiger partial charge in [0.1, 0.15) is 6.54 Å². The average Bonchev–Trinajstić information content (AvgIpc) is 2.94. The number of imide groups is 1. The first-order chi connectivity index (χ1) is 9.95. The van der Waals surface area contributed by atoms with E-state index in [1.807, 2.05) is 6.07 Å². The van der Waals surface area contributed by atoms with Crippen molar-refractivity contribution in [2.75, 3.05) is 6.54 Å². The van der Waals surface area contributed by atoms with Crippen molar-refractivity contribution in [3.05, 3.63) is 32.8 Å². The molecule has 0 saturated carbocycles. The summed E-state index contributed by atoms with van der Waals surface area (Å²) < 4.78 is 1.66. The van der Waals surface area contributed by atoms with Gasteiger partial charge in [-0.05, 0) is 44.0 Å². The molecule has 1 fully saturated rings. The van der Waals surface area contributed by atoms with Crippen LogP contribution in [0.25, 0.3) is 10.9 Å². The maximum Gasteiger partial charge on any atom is 0.343 e. The second-order valence-corrected chi connectivity index (χ2v) is 6.10. The first-order valence-electron chi connectivity index (χ1n) is 5.84. The second-order valence-electron chi connectivity index (χ2n) is 4.39. The van der Waals surface area contributed by atoms with Gasteiger partial charge in [-0.1, -0.05) is 0 Å². The molecule has 0 bridgehead atoms. The van der Waals surface area contributed by atoms with Crippen LogP contribution >= 0.6 is 31.9 Å². The molecule has 2 aromatic rings. The Hall–Kier alpha value is -1.87. The van der Waals surface area contributed by atoms with Gasteiger partial charge in [0.25, 0.3) is 5.91 Å². The van der Waals surface area contributed by atoms with Crippen molar-refractivity contribution in [1.82, 2.24) is 20.7 Å². The molecule has 0 unspecified atom stereocenters. The summed E-state index contributed by atoms with van der Waals surface area (Å²) in [6, 6.07) is 2.99. The van der Waals surface area contributed by atoms with Gasteiger partial charge >= 0.3 is 6.03 Å². The minimum Gasteiger partial charge on any atom is -0.360 e. The fourth-order valence-corrected chi connectivity index (χ4v) is 2.71. The van der Waals surface area contributed by atoms with Gasteiger partial charge in [-0.25, -0.2) is 9.80 Å². The van der Waals surface area contributed by atoms with Crippen LogP contribution < -0.4 is 10.7 Å². The van der Waals surface area contributed by atoms with Crippen molar-refractivity contribution >= 4 is 60.6 Å². The lowest BCUT2D eigenvalue weighted by atomic mass is 10.2. The van der Waals surface area contributed by atoms with Crippen LogP contribution in [0.5, 0.6) is 0 Å². The van der Waals surface area contributed by atoms with Gasteiger partial charge in [0.15, 0.2) is 0 Å². The van der Waals surface area contributed by atoms with Gasteiger partial charge < -0.3 is 4.98 Å². The van der Waals surface area contributed by atoms with Crippen molar-refractivity contribution in [3.63, 3.8) is 0 Å². The molecule has 7 nitrogen and oxygen atoms in total. The zero-order valence-corrected chi connectivity index (χ0v) is 13.5. The third kappa shape index (κ3) is 2.54. The monoisotopic (exact) mass is 414 g/mol. The van der Waals surface area contributed by atoms with Crippen LogP contribution in [-0.4, -0.2) is 34.4 Å². The number of H-pyrrole nitrogens is 1. The Kier molecular flexibility index (Phi) is 3.46. The van der Waals surface area contributed by atoms with Gasteiger partial charge in [0.05, 0.1) is 5.56 Å². The van der Waals surface area contributed by atoms with E-state index in [0.717, 1.165) is 19.5 Å². The standard InChI is InChI=1S/C12H8Br2N4O3/c13-7-1-5-6(3-15-9(5)2-8(7)14)11(20)17-18-4-10(19)16-12(18)21/h1-3,15H,4H2,(H,17,20)(H,16,19,21). The number of aromatic amines is 1. The van der Waals surface area contributed by atoms with Gasteiger partial charge in [-0.2, -0.15) is 0 Å². The molecule has 1 aromatic carbocycles. The van der Waals surface area contributed by atoms with Crippen LogP contribution in [0.1, 0.15) is 10.4 Å². The fraction of sp³-hybridized carbons (Fsp3) is 0.0833. The summed E-state index contributed by atoms with van der Waals surface area (Å²) in [5.41, 5.74) is 3.56. The highest BCUT2D eigenvalue weighted by molar-refractivity contribution is 9.13. The highest BCUT2D eigenvalue weighted by atomic mass is 79.9. The molecule has 9 heteroatoms. The maximum absolute atomic E-state index is 12.2. The number of nitrogens with zero attached hydrogens (tertiary/aromatic N) is 1. The zero-order chi connectivity index (χ0) is 15.1.